The summed E-state index contributed by atoms with van der Waals surface area (Å²) in [4.78, 5) is 0. The van der Waals surface area contributed by atoms with Gasteiger partial charge in [0.2, 0.25) is 5.82 Å². The Bertz CT molecular complexity index is 339. The Labute approximate surface area is 77.3 Å². The Kier molecular flexibility index (Phi) is 3.10. The fraction of sp³-hybridized carbons (Fsp3) is 0.143. The molecule has 0 aliphatic carbocycles. The fourth-order valence-electron chi connectivity index (χ4n) is 0.947. The zero-order chi connectivity index (χ0) is 10.9. The fourth-order valence-corrected chi connectivity index (χ4v) is 0.947. The van der Waals surface area contributed by atoms with Gasteiger partial charge in [-0.2, -0.15) is 0 Å². The van der Waals surface area contributed by atoms with Gasteiger partial charge < -0.3 is 5.23 Å². The van der Waals surface area contributed by atoms with E-state index in [2.05, 4.69) is 0 Å². The first-order chi connectivity index (χ1) is 6.50. The lowest BCUT2D eigenvalue weighted by molar-refractivity contribution is -0.525. The topological polar surface area (TPSA) is 16.6 Å². The highest BCUT2D eigenvalue weighted by Crippen LogP contribution is 2.21. The Morgan fingerprint density at radius 3 is 1.50 bits per heavy atom. The predicted molar refractivity (Wildman–Crippen MR) is 37.6 cm³/mol. The van der Waals surface area contributed by atoms with E-state index in [0.717, 1.165) is 5.23 Å². The highest BCUT2D eigenvalue weighted by Gasteiger charge is 2.25. The van der Waals surface area contributed by atoms with E-state index in [-0.39, 0.29) is 0 Å². The van der Waals surface area contributed by atoms with Crippen molar-refractivity contribution in [1.82, 2.24) is 0 Å². The number of rotatable bonds is 2. The molecule has 1 aromatic carbocycles. The number of benzene rings is 1. The summed E-state index contributed by atoms with van der Waals surface area (Å²) in [7, 11) is 4.84. The number of halogens is 5. The Morgan fingerprint density at radius 1 is 0.786 bits per heavy atom. The largest absolute Gasteiger partial charge is 0.604 e. The van der Waals surface area contributed by atoms with Crippen molar-refractivity contribution >= 4 is 7.98 Å². The second-order valence-electron chi connectivity index (χ2n) is 2.49. The van der Waals surface area contributed by atoms with E-state index in [1.54, 1.807) is 0 Å². The molecule has 0 bridgehead atoms. The Balaban J connectivity index is 3.43. The SMILES string of the molecule is [B-][NH2+]Cc1c(F)c(F)c(F)c(F)c1F. The van der Waals surface area contributed by atoms with Crippen LogP contribution in [0.4, 0.5) is 22.0 Å². The molecule has 0 saturated heterocycles. The van der Waals surface area contributed by atoms with Crippen LogP contribution in [-0.4, -0.2) is 7.98 Å². The van der Waals surface area contributed by atoms with Crippen molar-refractivity contribution in [2.45, 2.75) is 6.54 Å². The van der Waals surface area contributed by atoms with Crippen LogP contribution in [0.2, 0.25) is 0 Å². The van der Waals surface area contributed by atoms with Crippen molar-refractivity contribution < 1.29 is 27.2 Å². The van der Waals surface area contributed by atoms with Crippen LogP contribution in [0.3, 0.4) is 0 Å². The lowest BCUT2D eigenvalue weighted by atomic mass is 10.1. The normalized spacial score (nSPS) is 10.7. The third kappa shape index (κ3) is 1.59. The van der Waals surface area contributed by atoms with Crippen molar-refractivity contribution in [1.29, 1.82) is 0 Å². The van der Waals surface area contributed by atoms with E-state index in [1.807, 2.05) is 0 Å². The van der Waals surface area contributed by atoms with Gasteiger partial charge in [-0.1, -0.05) is 0 Å². The van der Waals surface area contributed by atoms with Gasteiger partial charge in [0.1, 0.15) is 0 Å². The molecule has 0 aromatic heterocycles. The van der Waals surface area contributed by atoms with Crippen molar-refractivity contribution in [2.75, 3.05) is 0 Å². The number of hydrogen-bond acceptors (Lipinski definition) is 0. The molecule has 0 amide bonds. The standard InChI is InChI=1S/C7H4BF5N/c8-14-1-2-3(9)5(11)7(13)6(12)4(2)10/h1,14H2. The zero-order valence-electron chi connectivity index (χ0n) is 6.75. The molecule has 0 aliphatic heterocycles. The molecule has 14 heavy (non-hydrogen) atoms. The second kappa shape index (κ2) is 3.95. The van der Waals surface area contributed by atoms with Gasteiger partial charge in [0.25, 0.3) is 0 Å². The lowest BCUT2D eigenvalue weighted by Gasteiger charge is -2.09. The van der Waals surface area contributed by atoms with E-state index in [0.29, 0.717) is 0 Å². The molecule has 7 heteroatoms. The summed E-state index contributed by atoms with van der Waals surface area (Å²) in [5, 5.41) is 0.804. The highest BCUT2D eigenvalue weighted by molar-refractivity contribution is 5.93. The van der Waals surface area contributed by atoms with E-state index in [1.165, 1.54) is 0 Å². The van der Waals surface area contributed by atoms with Gasteiger partial charge in [0, 0.05) is 0 Å². The predicted octanol–water partition coefficient (Wildman–Crippen LogP) is 0.529. The maximum Gasteiger partial charge on any atom is 0.200 e. The molecule has 0 saturated carbocycles. The van der Waals surface area contributed by atoms with Crippen molar-refractivity contribution in [2.24, 2.45) is 0 Å². The molecule has 1 aromatic rings. The Hall–Kier alpha value is -1.11. The molecular formula is C7H4BF5N. The van der Waals surface area contributed by atoms with Crippen LogP contribution in [0.15, 0.2) is 0 Å². The van der Waals surface area contributed by atoms with Crippen molar-refractivity contribution in [3.05, 3.63) is 34.6 Å². The smallest absolute Gasteiger partial charge is 0.200 e. The summed E-state index contributed by atoms with van der Waals surface area (Å²) < 4.78 is 63.1. The molecule has 0 heterocycles. The molecule has 0 aliphatic rings. The quantitative estimate of drug-likeness (QED) is 0.316. The first-order valence-corrected chi connectivity index (χ1v) is 3.54. The third-order valence-corrected chi connectivity index (χ3v) is 1.62. The maximum atomic E-state index is 12.8. The molecule has 0 unspecified atom stereocenters. The van der Waals surface area contributed by atoms with E-state index in [4.69, 9.17) is 7.98 Å². The van der Waals surface area contributed by atoms with Crippen LogP contribution in [0, 0.1) is 29.1 Å². The highest BCUT2D eigenvalue weighted by atomic mass is 19.2. The van der Waals surface area contributed by atoms with Gasteiger partial charge in [-0.05, 0) is 0 Å². The number of hydrogen-bond donors (Lipinski definition) is 1. The van der Waals surface area contributed by atoms with Crippen LogP contribution in [0.5, 0.6) is 0 Å². The van der Waals surface area contributed by atoms with Crippen LogP contribution < -0.4 is 5.23 Å². The third-order valence-electron chi connectivity index (χ3n) is 1.62. The molecule has 0 atom stereocenters. The molecular weight excluding hydrogens is 204 g/mol. The number of quaternary nitrogens is 1. The van der Waals surface area contributed by atoms with E-state index >= 15 is 0 Å². The first kappa shape index (κ1) is 11.0. The Morgan fingerprint density at radius 2 is 1.14 bits per heavy atom. The van der Waals surface area contributed by atoms with Gasteiger partial charge in [-0.15, -0.1) is 0 Å². The van der Waals surface area contributed by atoms with Gasteiger partial charge in [0.05, 0.1) is 12.1 Å². The summed E-state index contributed by atoms with van der Waals surface area (Å²) in [5.41, 5.74) is -0.927. The van der Waals surface area contributed by atoms with Gasteiger partial charge in [-0.3, -0.25) is 0 Å². The van der Waals surface area contributed by atoms with Crippen LogP contribution in [0.25, 0.3) is 0 Å². The van der Waals surface area contributed by atoms with Gasteiger partial charge in [0.15, 0.2) is 23.3 Å². The molecule has 3 radical (unpaired) electrons. The van der Waals surface area contributed by atoms with Crippen LogP contribution in [0.1, 0.15) is 5.56 Å². The summed E-state index contributed by atoms with van der Waals surface area (Å²) in [6, 6.07) is 0. The van der Waals surface area contributed by atoms with Gasteiger partial charge >= 0.3 is 0 Å². The maximum absolute atomic E-state index is 12.8. The molecule has 2 N–H and O–H groups in total. The molecule has 75 valence electrons. The second-order valence-corrected chi connectivity index (χ2v) is 2.49. The monoisotopic (exact) mass is 208 g/mol. The van der Waals surface area contributed by atoms with Crippen molar-refractivity contribution in [3.63, 3.8) is 0 Å². The summed E-state index contributed by atoms with van der Waals surface area (Å²) in [5.74, 6) is -9.77. The lowest BCUT2D eigenvalue weighted by Crippen LogP contribution is -2.80. The number of nitrogens with two attached hydrogens (primary N) is 1. The van der Waals surface area contributed by atoms with Gasteiger partial charge in [-0.25, -0.2) is 29.9 Å². The average molecular weight is 208 g/mol. The van der Waals surface area contributed by atoms with Crippen molar-refractivity contribution in [3.8, 4) is 0 Å². The van der Waals surface area contributed by atoms with E-state index in [9.17, 15) is 22.0 Å². The minimum atomic E-state index is -2.17. The zero-order valence-corrected chi connectivity index (χ0v) is 6.75. The summed E-state index contributed by atoms with van der Waals surface area (Å²) in [6.45, 7) is -0.522. The summed E-state index contributed by atoms with van der Waals surface area (Å²) >= 11 is 0. The first-order valence-electron chi connectivity index (χ1n) is 3.54. The molecule has 1 nitrogen and oxygen atoms in total. The molecule has 0 fully saturated rings. The minimum Gasteiger partial charge on any atom is -0.604 e. The molecule has 0 spiro atoms. The average Bonchev–Trinajstić information content (AvgIpc) is 2.19. The van der Waals surface area contributed by atoms with Crippen LogP contribution in [-0.2, 0) is 6.54 Å². The van der Waals surface area contributed by atoms with Crippen LogP contribution >= 0.6 is 0 Å². The summed E-state index contributed by atoms with van der Waals surface area (Å²) in [6.07, 6.45) is 0. The molecule has 1 rings (SSSR count). The van der Waals surface area contributed by atoms with E-state index < -0.39 is 41.2 Å². The minimum absolute atomic E-state index is 0.522.